The van der Waals surface area contributed by atoms with Crippen molar-refractivity contribution in [1.82, 2.24) is 20.2 Å². The highest BCUT2D eigenvalue weighted by Crippen LogP contribution is 2.39. The molecule has 5 nitrogen and oxygen atoms in total. The van der Waals surface area contributed by atoms with E-state index in [2.05, 4.69) is 20.2 Å². The summed E-state index contributed by atoms with van der Waals surface area (Å²) in [4.78, 5) is 10.8. The van der Waals surface area contributed by atoms with Crippen molar-refractivity contribution in [2.24, 2.45) is 0 Å². The van der Waals surface area contributed by atoms with Crippen LogP contribution in [0.1, 0.15) is 34.9 Å². The first-order chi connectivity index (χ1) is 12.2. The molecule has 0 unspecified atom stereocenters. The smallest absolute Gasteiger partial charge is 0.170 e. The van der Waals surface area contributed by atoms with E-state index in [9.17, 15) is 0 Å². The third-order valence-electron chi connectivity index (χ3n) is 4.35. The molecular weight excluding hydrogens is 332 g/mol. The van der Waals surface area contributed by atoms with Gasteiger partial charge in [-0.15, -0.1) is 0 Å². The van der Waals surface area contributed by atoms with Gasteiger partial charge in [-0.2, -0.15) is 0 Å². The third-order valence-corrected chi connectivity index (χ3v) is 4.71. The summed E-state index contributed by atoms with van der Waals surface area (Å²) in [6.45, 7) is 2.63. The van der Waals surface area contributed by atoms with Gasteiger partial charge in [0.15, 0.2) is 5.11 Å². The van der Waals surface area contributed by atoms with Crippen LogP contribution in [0.5, 0.6) is 0 Å². The number of aromatic nitrogens is 2. The van der Waals surface area contributed by atoms with Crippen molar-refractivity contribution in [3.8, 4) is 0 Å². The van der Waals surface area contributed by atoms with Crippen molar-refractivity contribution < 1.29 is 4.42 Å². The lowest BCUT2D eigenvalue weighted by Gasteiger charge is -2.26. The number of pyridine rings is 2. The highest BCUT2D eigenvalue weighted by atomic mass is 32.1. The number of furan rings is 1. The van der Waals surface area contributed by atoms with Crippen molar-refractivity contribution in [2.75, 3.05) is 0 Å². The van der Waals surface area contributed by atoms with Gasteiger partial charge in [0.2, 0.25) is 0 Å². The van der Waals surface area contributed by atoms with E-state index in [1.807, 2.05) is 49.4 Å². The van der Waals surface area contributed by atoms with Gasteiger partial charge in [0, 0.05) is 25.1 Å². The molecule has 1 aliphatic heterocycles. The SMILES string of the molecule is Cc1ccc([C@@H]2[C@@H](c3ccccn3)NC(=S)N2Cc2ccncc2)o1. The molecule has 25 heavy (non-hydrogen) atoms. The molecule has 1 fully saturated rings. The van der Waals surface area contributed by atoms with Gasteiger partial charge in [0.1, 0.15) is 17.6 Å². The molecule has 3 aromatic heterocycles. The van der Waals surface area contributed by atoms with Crippen LogP contribution in [-0.2, 0) is 6.54 Å². The number of hydrogen-bond donors (Lipinski definition) is 1. The maximum atomic E-state index is 5.95. The molecule has 126 valence electrons. The molecular formula is C19H18N4OS. The summed E-state index contributed by atoms with van der Waals surface area (Å²) in [5, 5.41) is 4.12. The zero-order valence-electron chi connectivity index (χ0n) is 13.8. The summed E-state index contributed by atoms with van der Waals surface area (Å²) < 4.78 is 5.95. The average molecular weight is 350 g/mol. The van der Waals surface area contributed by atoms with Crippen LogP contribution in [0.4, 0.5) is 0 Å². The zero-order chi connectivity index (χ0) is 17.2. The van der Waals surface area contributed by atoms with Crippen LogP contribution >= 0.6 is 12.2 Å². The fourth-order valence-corrected chi connectivity index (χ4v) is 3.49. The fraction of sp³-hybridized carbons (Fsp3) is 0.211. The Morgan fingerprint density at radius 1 is 1.12 bits per heavy atom. The summed E-state index contributed by atoms with van der Waals surface area (Å²) in [5.41, 5.74) is 2.09. The van der Waals surface area contributed by atoms with Crippen LogP contribution in [0, 0.1) is 6.92 Å². The monoisotopic (exact) mass is 350 g/mol. The first-order valence-corrected chi connectivity index (χ1v) is 8.56. The van der Waals surface area contributed by atoms with Gasteiger partial charge in [-0.1, -0.05) is 6.07 Å². The summed E-state index contributed by atoms with van der Waals surface area (Å²) in [6, 6.07) is 13.8. The maximum Gasteiger partial charge on any atom is 0.170 e. The molecule has 0 aliphatic carbocycles. The number of nitrogens with one attached hydrogen (secondary N) is 1. The normalized spacial score (nSPS) is 19.9. The third kappa shape index (κ3) is 3.13. The molecule has 6 heteroatoms. The molecule has 4 heterocycles. The van der Waals surface area contributed by atoms with Crippen molar-refractivity contribution in [2.45, 2.75) is 25.6 Å². The lowest BCUT2D eigenvalue weighted by Crippen LogP contribution is -2.29. The number of aryl methyl sites for hydroxylation is 1. The minimum absolute atomic E-state index is 0.0516. The number of nitrogens with zero attached hydrogens (tertiary/aromatic N) is 3. The Kier molecular flexibility index (Phi) is 4.19. The highest BCUT2D eigenvalue weighted by Gasteiger charge is 2.41. The van der Waals surface area contributed by atoms with E-state index in [4.69, 9.17) is 16.6 Å². The number of hydrogen-bond acceptors (Lipinski definition) is 4. The van der Waals surface area contributed by atoms with E-state index in [1.54, 1.807) is 18.6 Å². The Bertz CT molecular complexity index is 865. The predicted molar refractivity (Wildman–Crippen MR) is 98.7 cm³/mol. The van der Waals surface area contributed by atoms with Gasteiger partial charge in [-0.3, -0.25) is 9.97 Å². The van der Waals surface area contributed by atoms with E-state index in [0.717, 1.165) is 22.8 Å². The van der Waals surface area contributed by atoms with Crippen LogP contribution in [-0.4, -0.2) is 20.0 Å². The van der Waals surface area contributed by atoms with Crippen molar-refractivity contribution in [3.63, 3.8) is 0 Å². The van der Waals surface area contributed by atoms with Crippen LogP contribution in [0.25, 0.3) is 0 Å². The Morgan fingerprint density at radius 2 is 1.96 bits per heavy atom. The standard InChI is InChI=1S/C19H18N4OS/c1-13-5-6-16(24-13)18-17(15-4-2-3-9-21-15)22-19(25)23(18)12-14-7-10-20-11-8-14/h2-11,17-18H,12H2,1H3,(H,22,25)/t17-,18-/m1/s1. The Hall–Kier alpha value is -2.73. The molecule has 0 saturated carbocycles. The lowest BCUT2D eigenvalue weighted by atomic mass is 10.0. The topological polar surface area (TPSA) is 54.2 Å². The fourth-order valence-electron chi connectivity index (χ4n) is 3.18. The number of thiocarbonyl (C=S) groups is 1. The summed E-state index contributed by atoms with van der Waals surface area (Å²) >= 11 is 5.63. The van der Waals surface area contributed by atoms with Gasteiger partial charge in [0.25, 0.3) is 0 Å². The van der Waals surface area contributed by atoms with Crippen molar-refractivity contribution >= 4 is 17.3 Å². The Balaban J connectivity index is 1.72. The van der Waals surface area contributed by atoms with E-state index in [0.29, 0.717) is 11.7 Å². The first-order valence-electron chi connectivity index (χ1n) is 8.15. The Morgan fingerprint density at radius 3 is 2.64 bits per heavy atom. The van der Waals surface area contributed by atoms with Crippen LogP contribution in [0.3, 0.4) is 0 Å². The highest BCUT2D eigenvalue weighted by molar-refractivity contribution is 7.80. The molecule has 0 spiro atoms. The van der Waals surface area contributed by atoms with Crippen molar-refractivity contribution in [1.29, 1.82) is 0 Å². The minimum atomic E-state index is -0.0545. The van der Waals surface area contributed by atoms with Gasteiger partial charge in [-0.05, 0) is 61.1 Å². The second kappa shape index (κ2) is 6.64. The average Bonchev–Trinajstić information content (AvgIpc) is 3.20. The molecule has 1 N–H and O–H groups in total. The van der Waals surface area contributed by atoms with Gasteiger partial charge < -0.3 is 14.6 Å². The Labute approximate surface area is 151 Å². The molecule has 0 radical (unpaired) electrons. The largest absolute Gasteiger partial charge is 0.464 e. The summed E-state index contributed by atoms with van der Waals surface area (Å²) in [6.07, 6.45) is 5.39. The molecule has 2 atom stereocenters. The second-order valence-corrected chi connectivity index (χ2v) is 6.45. The zero-order valence-corrected chi connectivity index (χ0v) is 14.6. The molecule has 0 bridgehead atoms. The molecule has 1 aliphatic rings. The van der Waals surface area contributed by atoms with Crippen LogP contribution in [0.15, 0.2) is 65.5 Å². The quantitative estimate of drug-likeness (QED) is 0.726. The summed E-state index contributed by atoms with van der Waals surface area (Å²) in [5.74, 6) is 1.77. The van der Waals surface area contributed by atoms with Crippen LogP contribution in [0.2, 0.25) is 0 Å². The van der Waals surface area contributed by atoms with E-state index < -0.39 is 0 Å². The van der Waals surface area contributed by atoms with E-state index in [1.165, 1.54) is 0 Å². The van der Waals surface area contributed by atoms with E-state index in [-0.39, 0.29) is 12.1 Å². The number of rotatable bonds is 4. The molecule has 0 aromatic carbocycles. The molecule has 0 amide bonds. The minimum Gasteiger partial charge on any atom is -0.464 e. The predicted octanol–water partition coefficient (Wildman–Crippen LogP) is 3.55. The first kappa shape index (κ1) is 15.8. The van der Waals surface area contributed by atoms with E-state index >= 15 is 0 Å². The van der Waals surface area contributed by atoms with Crippen molar-refractivity contribution in [3.05, 3.63) is 83.8 Å². The van der Waals surface area contributed by atoms with Gasteiger partial charge >= 0.3 is 0 Å². The lowest BCUT2D eigenvalue weighted by molar-refractivity contribution is 0.264. The second-order valence-electron chi connectivity index (χ2n) is 6.06. The summed E-state index contributed by atoms with van der Waals surface area (Å²) in [7, 11) is 0. The maximum absolute atomic E-state index is 5.95. The molecule has 1 saturated heterocycles. The van der Waals surface area contributed by atoms with Gasteiger partial charge in [0.05, 0.1) is 11.7 Å². The van der Waals surface area contributed by atoms with Gasteiger partial charge in [-0.25, -0.2) is 0 Å². The molecule has 3 aromatic rings. The van der Waals surface area contributed by atoms with Crippen LogP contribution < -0.4 is 5.32 Å². The molecule has 4 rings (SSSR count).